The molecule has 2 heteroatoms. The van der Waals surface area contributed by atoms with Gasteiger partial charge in [-0.15, -0.1) is 0 Å². The van der Waals surface area contributed by atoms with Crippen molar-refractivity contribution in [3.8, 4) is 0 Å². The monoisotopic (exact) mass is 154 g/mol. The Morgan fingerprint density at radius 2 is 2.27 bits per heavy atom. The van der Waals surface area contributed by atoms with Gasteiger partial charge in [-0.2, -0.15) is 0 Å². The minimum Gasteiger partial charge on any atom is -0.330 e. The molecule has 3 atom stereocenters. The van der Waals surface area contributed by atoms with Crippen LogP contribution in [-0.4, -0.2) is 18.6 Å². The second kappa shape index (κ2) is 3.11. The number of hydrogen-bond acceptors (Lipinski definition) is 2. The van der Waals surface area contributed by atoms with Gasteiger partial charge in [-0.25, -0.2) is 0 Å². The topological polar surface area (TPSA) is 38.0 Å². The molecule has 0 aromatic carbocycles. The van der Waals surface area contributed by atoms with E-state index >= 15 is 0 Å². The molecule has 64 valence electrons. The van der Waals surface area contributed by atoms with Crippen LogP contribution in [-0.2, 0) is 0 Å². The molecule has 2 aliphatic rings. The lowest BCUT2D eigenvalue weighted by Gasteiger charge is -2.10. The smallest absolute Gasteiger partial charge is 0.00985 e. The lowest BCUT2D eigenvalue weighted by Crippen LogP contribution is -2.30. The van der Waals surface area contributed by atoms with Gasteiger partial charge in [0.25, 0.3) is 0 Å². The van der Waals surface area contributed by atoms with Crippen LogP contribution in [0.2, 0.25) is 0 Å². The molecule has 1 heterocycles. The highest BCUT2D eigenvalue weighted by atomic mass is 15.0. The molecule has 0 aromatic heterocycles. The summed E-state index contributed by atoms with van der Waals surface area (Å²) in [4.78, 5) is 0. The van der Waals surface area contributed by atoms with E-state index in [1.807, 2.05) is 0 Å². The molecule has 1 aliphatic carbocycles. The molecule has 0 aromatic rings. The lowest BCUT2D eigenvalue weighted by molar-refractivity contribution is 0.506. The maximum Gasteiger partial charge on any atom is 0.00985 e. The summed E-state index contributed by atoms with van der Waals surface area (Å²) >= 11 is 0. The van der Waals surface area contributed by atoms with Crippen LogP contribution in [0.4, 0.5) is 0 Å². The van der Waals surface area contributed by atoms with E-state index in [0.717, 1.165) is 24.5 Å². The van der Waals surface area contributed by atoms with Gasteiger partial charge in [-0.1, -0.05) is 6.42 Å². The van der Waals surface area contributed by atoms with Crippen molar-refractivity contribution in [1.82, 2.24) is 5.32 Å². The summed E-state index contributed by atoms with van der Waals surface area (Å²) < 4.78 is 0. The Hall–Kier alpha value is -0.0800. The predicted octanol–water partition coefficient (Wildman–Crippen LogP) is 0.866. The highest BCUT2D eigenvalue weighted by Gasteiger charge is 2.35. The third-order valence-electron chi connectivity index (χ3n) is 3.21. The summed E-state index contributed by atoms with van der Waals surface area (Å²) in [6.07, 6.45) is 6.87. The van der Waals surface area contributed by atoms with E-state index in [9.17, 15) is 0 Å². The Morgan fingerprint density at radius 3 is 3.00 bits per heavy atom. The lowest BCUT2D eigenvalue weighted by atomic mass is 10.0. The SMILES string of the molecule is NCC[C@@H]1C[C@H]2CCC[C@H]2N1. The van der Waals surface area contributed by atoms with E-state index in [1.54, 1.807) is 0 Å². The third-order valence-corrected chi connectivity index (χ3v) is 3.21. The van der Waals surface area contributed by atoms with Gasteiger partial charge in [-0.3, -0.25) is 0 Å². The predicted molar refractivity (Wildman–Crippen MR) is 46.3 cm³/mol. The molecule has 2 fully saturated rings. The molecule has 1 saturated heterocycles. The maximum absolute atomic E-state index is 5.52. The van der Waals surface area contributed by atoms with Gasteiger partial charge in [0.1, 0.15) is 0 Å². The van der Waals surface area contributed by atoms with Gasteiger partial charge in [0.05, 0.1) is 0 Å². The van der Waals surface area contributed by atoms with Crippen molar-refractivity contribution >= 4 is 0 Å². The van der Waals surface area contributed by atoms with Crippen LogP contribution in [0.3, 0.4) is 0 Å². The fourth-order valence-electron chi connectivity index (χ4n) is 2.68. The summed E-state index contributed by atoms with van der Waals surface area (Å²) in [5.41, 5.74) is 5.52. The van der Waals surface area contributed by atoms with Crippen molar-refractivity contribution in [2.45, 2.75) is 44.2 Å². The number of nitrogens with two attached hydrogens (primary N) is 1. The van der Waals surface area contributed by atoms with Gasteiger partial charge in [0, 0.05) is 12.1 Å². The second-order valence-electron chi connectivity index (χ2n) is 3.97. The van der Waals surface area contributed by atoms with Crippen LogP contribution in [0.1, 0.15) is 32.1 Å². The Morgan fingerprint density at radius 1 is 1.36 bits per heavy atom. The first-order chi connectivity index (χ1) is 5.40. The minimum absolute atomic E-state index is 0.746. The van der Waals surface area contributed by atoms with E-state index < -0.39 is 0 Å². The zero-order valence-corrected chi connectivity index (χ0v) is 7.05. The van der Waals surface area contributed by atoms with Gasteiger partial charge >= 0.3 is 0 Å². The standard InChI is InChI=1S/C9H18N2/c10-5-4-8-6-7-2-1-3-9(7)11-8/h7-9,11H,1-6,10H2/t7-,8-,9-/m1/s1. The molecule has 0 radical (unpaired) electrons. The molecule has 0 unspecified atom stereocenters. The Kier molecular flexibility index (Phi) is 2.14. The first kappa shape index (κ1) is 7.56. The molecule has 3 N–H and O–H groups in total. The summed E-state index contributed by atoms with van der Waals surface area (Å²) in [6, 6.07) is 1.60. The van der Waals surface area contributed by atoms with Gasteiger partial charge in [-0.05, 0) is 38.1 Å². The van der Waals surface area contributed by atoms with E-state index in [0.29, 0.717) is 0 Å². The highest BCUT2D eigenvalue weighted by molar-refractivity contribution is 4.94. The minimum atomic E-state index is 0.746. The van der Waals surface area contributed by atoms with E-state index in [4.69, 9.17) is 5.73 Å². The fraction of sp³-hybridized carbons (Fsp3) is 1.00. The largest absolute Gasteiger partial charge is 0.330 e. The van der Waals surface area contributed by atoms with Crippen molar-refractivity contribution in [3.63, 3.8) is 0 Å². The van der Waals surface area contributed by atoms with Crippen molar-refractivity contribution in [1.29, 1.82) is 0 Å². The number of nitrogens with one attached hydrogen (secondary N) is 1. The zero-order valence-electron chi connectivity index (χ0n) is 7.05. The van der Waals surface area contributed by atoms with Gasteiger partial charge < -0.3 is 11.1 Å². The maximum atomic E-state index is 5.52. The van der Waals surface area contributed by atoms with Crippen LogP contribution < -0.4 is 11.1 Å². The van der Waals surface area contributed by atoms with Gasteiger partial charge in [0.15, 0.2) is 0 Å². The normalized spacial score (nSPS) is 42.8. The van der Waals surface area contributed by atoms with E-state index in [-0.39, 0.29) is 0 Å². The Bertz CT molecular complexity index is 124. The van der Waals surface area contributed by atoms with Crippen LogP contribution >= 0.6 is 0 Å². The summed E-state index contributed by atoms with van der Waals surface area (Å²) in [7, 11) is 0. The number of rotatable bonds is 2. The van der Waals surface area contributed by atoms with E-state index in [2.05, 4.69) is 5.32 Å². The van der Waals surface area contributed by atoms with Crippen LogP contribution in [0.25, 0.3) is 0 Å². The van der Waals surface area contributed by atoms with E-state index in [1.165, 1.54) is 32.1 Å². The van der Waals surface area contributed by atoms with Crippen molar-refractivity contribution < 1.29 is 0 Å². The Balaban J connectivity index is 1.84. The van der Waals surface area contributed by atoms with Crippen LogP contribution in [0, 0.1) is 5.92 Å². The average Bonchev–Trinajstić information content (AvgIpc) is 2.46. The molecule has 2 nitrogen and oxygen atoms in total. The third kappa shape index (κ3) is 1.42. The first-order valence-electron chi connectivity index (χ1n) is 4.86. The average molecular weight is 154 g/mol. The second-order valence-corrected chi connectivity index (χ2v) is 3.97. The highest BCUT2D eigenvalue weighted by Crippen LogP contribution is 2.35. The summed E-state index contributed by atoms with van der Waals surface area (Å²) in [5, 5.41) is 3.67. The molecule has 0 bridgehead atoms. The van der Waals surface area contributed by atoms with Crippen molar-refractivity contribution in [2.75, 3.05) is 6.54 Å². The van der Waals surface area contributed by atoms with Crippen LogP contribution in [0.5, 0.6) is 0 Å². The molecule has 1 saturated carbocycles. The number of fused-ring (bicyclic) bond motifs is 1. The quantitative estimate of drug-likeness (QED) is 0.619. The molecular weight excluding hydrogens is 136 g/mol. The summed E-state index contributed by atoms with van der Waals surface area (Å²) in [5.74, 6) is 0.992. The summed E-state index contributed by atoms with van der Waals surface area (Å²) in [6.45, 7) is 0.844. The molecule has 2 rings (SSSR count). The van der Waals surface area contributed by atoms with Crippen LogP contribution in [0.15, 0.2) is 0 Å². The molecule has 1 aliphatic heterocycles. The zero-order chi connectivity index (χ0) is 7.68. The number of hydrogen-bond donors (Lipinski definition) is 2. The molecule has 0 spiro atoms. The molecule has 11 heavy (non-hydrogen) atoms. The fourth-order valence-corrected chi connectivity index (χ4v) is 2.68. The molecule has 0 amide bonds. The van der Waals surface area contributed by atoms with Crippen molar-refractivity contribution in [2.24, 2.45) is 11.7 Å². The van der Waals surface area contributed by atoms with Crippen molar-refractivity contribution in [3.05, 3.63) is 0 Å². The van der Waals surface area contributed by atoms with Gasteiger partial charge in [0.2, 0.25) is 0 Å². The molecular formula is C9H18N2. The Labute approximate surface area is 68.5 Å². The first-order valence-corrected chi connectivity index (χ1v) is 4.86.